The minimum atomic E-state index is 0.204. The van der Waals surface area contributed by atoms with Crippen LogP contribution in [0.15, 0.2) is 18.2 Å². The summed E-state index contributed by atoms with van der Waals surface area (Å²) in [5, 5.41) is 0. The molecule has 0 bridgehead atoms. The molecular weight excluding hydrogens is 248 g/mol. The van der Waals surface area contributed by atoms with Gasteiger partial charge in [0.1, 0.15) is 5.75 Å². The van der Waals surface area contributed by atoms with Crippen molar-refractivity contribution in [2.24, 2.45) is 0 Å². The van der Waals surface area contributed by atoms with Gasteiger partial charge in [-0.3, -0.25) is 4.79 Å². The van der Waals surface area contributed by atoms with Crippen molar-refractivity contribution in [1.82, 2.24) is 0 Å². The van der Waals surface area contributed by atoms with E-state index < -0.39 is 0 Å². The van der Waals surface area contributed by atoms with Gasteiger partial charge in [0.15, 0.2) is 5.78 Å². The summed E-state index contributed by atoms with van der Waals surface area (Å²) in [6, 6.07) is 5.79. The fraction of sp³-hybridized carbons (Fsp3) is 0.611. The first-order chi connectivity index (χ1) is 9.69. The van der Waals surface area contributed by atoms with Crippen molar-refractivity contribution < 1.29 is 9.53 Å². The number of methoxy groups -OCH3 is 1. The van der Waals surface area contributed by atoms with Crippen LogP contribution in [0.3, 0.4) is 0 Å². The lowest BCUT2D eigenvalue weighted by Gasteiger charge is -2.08. The number of aryl methyl sites for hydroxylation is 1. The number of unbranched alkanes of at least 4 members (excludes halogenated alkanes) is 6. The Bertz CT molecular complexity index is 410. The van der Waals surface area contributed by atoms with E-state index in [2.05, 4.69) is 6.92 Å². The lowest BCUT2D eigenvalue weighted by atomic mass is 10.0. The van der Waals surface area contributed by atoms with E-state index in [1.54, 1.807) is 7.11 Å². The molecule has 0 atom stereocenters. The van der Waals surface area contributed by atoms with Gasteiger partial charge in [-0.25, -0.2) is 0 Å². The maximum Gasteiger partial charge on any atom is 0.166 e. The van der Waals surface area contributed by atoms with E-state index in [0.29, 0.717) is 12.2 Å². The average molecular weight is 276 g/mol. The normalized spacial score (nSPS) is 10.6. The highest BCUT2D eigenvalue weighted by Gasteiger charge is 2.11. The molecule has 0 aliphatic carbocycles. The van der Waals surface area contributed by atoms with Gasteiger partial charge in [0.05, 0.1) is 12.7 Å². The van der Waals surface area contributed by atoms with Crippen LogP contribution in [0.5, 0.6) is 5.75 Å². The van der Waals surface area contributed by atoms with Crippen molar-refractivity contribution in [2.45, 2.75) is 65.2 Å². The first-order valence-corrected chi connectivity index (χ1v) is 7.87. The number of carbonyl (C=O) groups is 1. The lowest BCUT2D eigenvalue weighted by molar-refractivity contribution is 0.0976. The van der Waals surface area contributed by atoms with Gasteiger partial charge in [0, 0.05) is 6.42 Å². The van der Waals surface area contributed by atoms with Gasteiger partial charge >= 0.3 is 0 Å². The van der Waals surface area contributed by atoms with E-state index in [0.717, 1.165) is 24.0 Å². The maximum absolute atomic E-state index is 12.2. The summed E-state index contributed by atoms with van der Waals surface area (Å²) >= 11 is 0. The van der Waals surface area contributed by atoms with E-state index in [4.69, 9.17) is 4.74 Å². The highest BCUT2D eigenvalue weighted by Crippen LogP contribution is 2.22. The van der Waals surface area contributed by atoms with Crippen molar-refractivity contribution in [1.29, 1.82) is 0 Å². The molecule has 0 heterocycles. The fourth-order valence-corrected chi connectivity index (χ4v) is 2.41. The number of hydrogen-bond acceptors (Lipinski definition) is 2. The highest BCUT2D eigenvalue weighted by atomic mass is 16.5. The molecular formula is C18H28O2. The number of benzene rings is 1. The monoisotopic (exact) mass is 276 g/mol. The molecule has 0 fully saturated rings. The molecule has 0 spiro atoms. The third-order valence-corrected chi connectivity index (χ3v) is 3.66. The molecule has 20 heavy (non-hydrogen) atoms. The molecule has 2 nitrogen and oxygen atoms in total. The van der Waals surface area contributed by atoms with Gasteiger partial charge in [-0.15, -0.1) is 0 Å². The number of ketones is 1. The van der Waals surface area contributed by atoms with Crippen molar-refractivity contribution >= 4 is 5.78 Å². The van der Waals surface area contributed by atoms with Gasteiger partial charge in [-0.05, 0) is 31.0 Å². The fourth-order valence-electron chi connectivity index (χ4n) is 2.41. The Balaban J connectivity index is 2.32. The van der Waals surface area contributed by atoms with E-state index in [9.17, 15) is 4.79 Å². The van der Waals surface area contributed by atoms with Crippen molar-refractivity contribution in [2.75, 3.05) is 7.11 Å². The van der Waals surface area contributed by atoms with Crippen LogP contribution in [0.2, 0.25) is 0 Å². The van der Waals surface area contributed by atoms with E-state index in [1.165, 1.54) is 32.1 Å². The lowest BCUT2D eigenvalue weighted by Crippen LogP contribution is -2.02. The summed E-state index contributed by atoms with van der Waals surface area (Å²) < 4.78 is 5.30. The number of rotatable bonds is 10. The predicted molar refractivity (Wildman–Crippen MR) is 84.7 cm³/mol. The van der Waals surface area contributed by atoms with Gasteiger partial charge < -0.3 is 4.74 Å². The summed E-state index contributed by atoms with van der Waals surface area (Å²) in [6.07, 6.45) is 9.27. The number of carbonyl (C=O) groups excluding carboxylic acids is 1. The summed E-state index contributed by atoms with van der Waals surface area (Å²) in [4.78, 5) is 12.2. The average Bonchev–Trinajstić information content (AvgIpc) is 2.45. The second kappa shape index (κ2) is 9.57. The summed E-state index contributed by atoms with van der Waals surface area (Å²) in [7, 11) is 1.62. The molecule has 1 aromatic rings. The Labute approximate surface area is 123 Å². The molecule has 0 N–H and O–H groups in total. The third kappa shape index (κ3) is 5.77. The van der Waals surface area contributed by atoms with Crippen molar-refractivity contribution in [3.63, 3.8) is 0 Å². The van der Waals surface area contributed by atoms with Crippen LogP contribution in [-0.2, 0) is 0 Å². The van der Waals surface area contributed by atoms with E-state index in [1.807, 2.05) is 25.1 Å². The number of hydrogen-bond donors (Lipinski definition) is 0. The number of ether oxygens (including phenoxy) is 1. The molecule has 0 saturated carbocycles. The van der Waals surface area contributed by atoms with Crippen molar-refractivity contribution in [3.8, 4) is 5.75 Å². The molecule has 1 aromatic carbocycles. The topological polar surface area (TPSA) is 26.3 Å². The molecule has 112 valence electrons. The molecule has 0 aromatic heterocycles. The molecule has 2 heteroatoms. The first kappa shape index (κ1) is 16.7. The largest absolute Gasteiger partial charge is 0.496 e. The Morgan fingerprint density at radius 2 is 1.70 bits per heavy atom. The van der Waals surface area contributed by atoms with Gasteiger partial charge in [-0.1, -0.05) is 51.5 Å². The Hall–Kier alpha value is -1.31. The molecule has 0 unspecified atom stereocenters. The highest BCUT2D eigenvalue weighted by molar-refractivity contribution is 5.98. The Morgan fingerprint density at radius 3 is 2.35 bits per heavy atom. The predicted octanol–water partition coefficient (Wildman–Crippen LogP) is 5.33. The molecule has 1 rings (SSSR count). The molecule has 0 amide bonds. The standard InChI is InChI=1S/C18H28O2/c1-4-5-6-7-8-9-10-11-17(19)16-13-12-15(2)14-18(16)20-3/h12-14H,4-11H2,1-3H3. The maximum atomic E-state index is 12.2. The molecule has 0 saturated heterocycles. The summed E-state index contributed by atoms with van der Waals surface area (Å²) in [5.74, 6) is 0.911. The molecule has 0 radical (unpaired) electrons. The van der Waals surface area contributed by atoms with Crippen LogP contribution < -0.4 is 4.74 Å². The van der Waals surface area contributed by atoms with Crippen molar-refractivity contribution in [3.05, 3.63) is 29.3 Å². The second-order valence-corrected chi connectivity index (χ2v) is 5.50. The molecule has 0 aliphatic heterocycles. The van der Waals surface area contributed by atoms with Gasteiger partial charge in [0.25, 0.3) is 0 Å². The van der Waals surface area contributed by atoms with Gasteiger partial charge in [-0.2, -0.15) is 0 Å². The SMILES string of the molecule is CCCCCCCCCC(=O)c1ccc(C)cc1OC. The Morgan fingerprint density at radius 1 is 1.05 bits per heavy atom. The third-order valence-electron chi connectivity index (χ3n) is 3.66. The van der Waals surface area contributed by atoms with Crippen LogP contribution in [-0.4, -0.2) is 12.9 Å². The van der Waals surface area contributed by atoms with Crippen LogP contribution in [0.25, 0.3) is 0 Å². The Kier molecular flexibility index (Phi) is 8.01. The minimum absolute atomic E-state index is 0.204. The second-order valence-electron chi connectivity index (χ2n) is 5.50. The smallest absolute Gasteiger partial charge is 0.166 e. The van der Waals surface area contributed by atoms with Crippen LogP contribution in [0, 0.1) is 6.92 Å². The van der Waals surface area contributed by atoms with E-state index in [-0.39, 0.29) is 5.78 Å². The molecule has 0 aliphatic rings. The van der Waals surface area contributed by atoms with Gasteiger partial charge in [0.2, 0.25) is 0 Å². The zero-order valence-corrected chi connectivity index (χ0v) is 13.2. The zero-order valence-electron chi connectivity index (χ0n) is 13.2. The summed E-state index contributed by atoms with van der Waals surface area (Å²) in [6.45, 7) is 4.24. The summed E-state index contributed by atoms with van der Waals surface area (Å²) in [5.41, 5.74) is 1.85. The first-order valence-electron chi connectivity index (χ1n) is 7.87. The van der Waals surface area contributed by atoms with Crippen LogP contribution in [0.4, 0.5) is 0 Å². The minimum Gasteiger partial charge on any atom is -0.496 e. The quantitative estimate of drug-likeness (QED) is 0.426. The van der Waals surface area contributed by atoms with Crippen LogP contribution in [0.1, 0.15) is 74.2 Å². The van der Waals surface area contributed by atoms with Crippen LogP contribution >= 0.6 is 0 Å². The number of Topliss-reactive ketones (excluding diaryl/α,β-unsaturated/α-hetero) is 1. The zero-order chi connectivity index (χ0) is 14.8. The van der Waals surface area contributed by atoms with E-state index >= 15 is 0 Å².